The van der Waals surface area contributed by atoms with Crippen molar-refractivity contribution in [2.75, 3.05) is 6.61 Å². The van der Waals surface area contributed by atoms with Crippen LogP contribution in [0.4, 0.5) is 0 Å². The zero-order chi connectivity index (χ0) is 22.9. The van der Waals surface area contributed by atoms with Gasteiger partial charge in [0.1, 0.15) is 12.4 Å². The number of nitrogens with zero attached hydrogens (tertiary/aromatic N) is 2. The fraction of sp³-hybridized carbons (Fsp3) is 0.143. The maximum absolute atomic E-state index is 11.8. The Morgan fingerprint density at radius 1 is 0.909 bits per heavy atom. The molecule has 1 heterocycles. The molecule has 5 nitrogen and oxygen atoms in total. The Balaban J connectivity index is 1.48. The number of rotatable bonds is 9. The summed E-state index contributed by atoms with van der Waals surface area (Å²) < 4.78 is 12.8. The van der Waals surface area contributed by atoms with Crippen LogP contribution in [0.15, 0.2) is 97.2 Å². The van der Waals surface area contributed by atoms with E-state index in [4.69, 9.17) is 14.6 Å². The fourth-order valence-electron chi connectivity index (χ4n) is 3.43. The van der Waals surface area contributed by atoms with E-state index >= 15 is 0 Å². The van der Waals surface area contributed by atoms with Gasteiger partial charge in [0.2, 0.25) is 0 Å². The van der Waals surface area contributed by atoms with Gasteiger partial charge in [0.15, 0.2) is 0 Å². The van der Waals surface area contributed by atoms with Crippen molar-refractivity contribution < 1.29 is 14.3 Å². The topological polar surface area (TPSA) is 53.4 Å². The predicted molar refractivity (Wildman–Crippen MR) is 130 cm³/mol. The van der Waals surface area contributed by atoms with Crippen LogP contribution in [0.5, 0.6) is 5.75 Å². The van der Waals surface area contributed by atoms with Gasteiger partial charge in [0.25, 0.3) is 0 Å². The molecular weight excluding hydrogens is 412 g/mol. The van der Waals surface area contributed by atoms with Crippen LogP contribution in [-0.2, 0) is 22.7 Å². The van der Waals surface area contributed by atoms with Gasteiger partial charge < -0.3 is 9.47 Å². The predicted octanol–water partition coefficient (Wildman–Crippen LogP) is 5.75. The Hall–Kier alpha value is -4.12. The highest BCUT2D eigenvalue weighted by molar-refractivity contribution is 5.88. The summed E-state index contributed by atoms with van der Waals surface area (Å²) in [5, 5.41) is 4.78. The molecule has 0 saturated heterocycles. The van der Waals surface area contributed by atoms with Crippen LogP contribution < -0.4 is 4.74 Å². The van der Waals surface area contributed by atoms with Gasteiger partial charge in [-0.2, -0.15) is 5.10 Å². The van der Waals surface area contributed by atoms with Crippen molar-refractivity contribution in [2.24, 2.45) is 0 Å². The van der Waals surface area contributed by atoms with Gasteiger partial charge in [-0.15, -0.1) is 0 Å². The smallest absolute Gasteiger partial charge is 0.330 e. The molecule has 0 N–H and O–H groups in total. The van der Waals surface area contributed by atoms with Gasteiger partial charge in [-0.3, -0.25) is 4.68 Å². The Bertz CT molecular complexity index is 1200. The van der Waals surface area contributed by atoms with Crippen molar-refractivity contribution in [2.45, 2.75) is 20.1 Å². The SMILES string of the molecule is CCOC(=O)/C=C/c1cn(Cc2ccc(OCc3ccccc3)cc2)nc1-c1ccccc1. The van der Waals surface area contributed by atoms with Gasteiger partial charge in [-0.25, -0.2) is 4.79 Å². The molecule has 0 radical (unpaired) electrons. The Labute approximate surface area is 193 Å². The Morgan fingerprint density at radius 2 is 1.61 bits per heavy atom. The van der Waals surface area contributed by atoms with Crippen LogP contribution >= 0.6 is 0 Å². The van der Waals surface area contributed by atoms with Crippen molar-refractivity contribution >= 4 is 12.0 Å². The van der Waals surface area contributed by atoms with Crippen molar-refractivity contribution in [1.82, 2.24) is 9.78 Å². The first kappa shape index (κ1) is 22.1. The maximum Gasteiger partial charge on any atom is 0.330 e. The molecule has 4 aromatic rings. The molecule has 0 amide bonds. The van der Waals surface area contributed by atoms with Gasteiger partial charge >= 0.3 is 5.97 Å². The molecule has 0 bridgehead atoms. The molecule has 0 atom stereocenters. The summed E-state index contributed by atoms with van der Waals surface area (Å²) in [7, 11) is 0. The number of hydrogen-bond acceptors (Lipinski definition) is 4. The van der Waals surface area contributed by atoms with Gasteiger partial charge in [0.05, 0.1) is 18.8 Å². The Morgan fingerprint density at radius 3 is 2.30 bits per heavy atom. The normalized spacial score (nSPS) is 10.9. The molecule has 4 rings (SSSR count). The van der Waals surface area contributed by atoms with Crippen molar-refractivity contribution in [3.8, 4) is 17.0 Å². The van der Waals surface area contributed by atoms with Crippen molar-refractivity contribution in [3.05, 3.63) is 114 Å². The highest BCUT2D eigenvalue weighted by atomic mass is 16.5. The summed E-state index contributed by atoms with van der Waals surface area (Å²) >= 11 is 0. The minimum absolute atomic E-state index is 0.346. The second-order valence-corrected chi connectivity index (χ2v) is 7.50. The molecule has 166 valence electrons. The third kappa shape index (κ3) is 6.20. The molecule has 0 fully saturated rings. The zero-order valence-electron chi connectivity index (χ0n) is 18.6. The largest absolute Gasteiger partial charge is 0.489 e. The molecule has 0 aliphatic heterocycles. The van der Waals surface area contributed by atoms with E-state index in [-0.39, 0.29) is 5.97 Å². The lowest BCUT2D eigenvalue weighted by Crippen LogP contribution is -2.01. The summed E-state index contributed by atoms with van der Waals surface area (Å²) in [6.07, 6.45) is 5.14. The number of hydrogen-bond donors (Lipinski definition) is 0. The first-order chi connectivity index (χ1) is 16.2. The standard InChI is InChI=1S/C28H26N2O3/c1-2-32-27(31)18-15-25-20-30(29-28(25)24-11-7-4-8-12-24)19-22-13-16-26(17-14-22)33-21-23-9-5-3-6-10-23/h3-18,20H,2,19,21H2,1H3/b18-15+. The molecular formula is C28H26N2O3. The second kappa shape index (κ2) is 11.0. The minimum atomic E-state index is -0.365. The van der Waals surface area contributed by atoms with E-state index in [0.717, 1.165) is 33.7 Å². The monoisotopic (exact) mass is 438 g/mol. The number of benzene rings is 3. The number of carbonyl (C=O) groups excluding carboxylic acids is 1. The van der Waals surface area contributed by atoms with Crippen LogP contribution in [0.25, 0.3) is 17.3 Å². The summed E-state index contributed by atoms with van der Waals surface area (Å²) in [5.41, 5.74) is 4.90. The molecule has 0 aliphatic rings. The van der Waals surface area contributed by atoms with Crippen LogP contribution in [0.1, 0.15) is 23.6 Å². The molecule has 0 aliphatic carbocycles. The lowest BCUT2D eigenvalue weighted by molar-refractivity contribution is -0.137. The lowest BCUT2D eigenvalue weighted by atomic mass is 10.1. The zero-order valence-corrected chi connectivity index (χ0v) is 18.6. The van der Waals surface area contributed by atoms with Crippen molar-refractivity contribution in [3.63, 3.8) is 0 Å². The van der Waals surface area contributed by atoms with Gasteiger partial charge in [0, 0.05) is 23.4 Å². The van der Waals surface area contributed by atoms with Gasteiger partial charge in [-0.05, 0) is 36.3 Å². The van der Waals surface area contributed by atoms with Crippen LogP contribution in [0, 0.1) is 0 Å². The molecule has 0 spiro atoms. The first-order valence-corrected chi connectivity index (χ1v) is 10.9. The van der Waals surface area contributed by atoms with E-state index in [1.54, 1.807) is 13.0 Å². The quantitative estimate of drug-likeness (QED) is 0.246. The third-order valence-corrected chi connectivity index (χ3v) is 5.04. The highest BCUT2D eigenvalue weighted by Gasteiger charge is 2.10. The third-order valence-electron chi connectivity index (χ3n) is 5.04. The van der Waals surface area contributed by atoms with E-state index in [9.17, 15) is 4.79 Å². The van der Waals surface area contributed by atoms with Gasteiger partial charge in [-0.1, -0.05) is 72.8 Å². The molecule has 1 aromatic heterocycles. The molecule has 0 unspecified atom stereocenters. The summed E-state index contributed by atoms with van der Waals surface area (Å²) in [5.74, 6) is 0.460. The van der Waals surface area contributed by atoms with E-state index in [2.05, 4.69) is 0 Å². The average molecular weight is 439 g/mol. The van der Waals surface area contributed by atoms with Crippen molar-refractivity contribution in [1.29, 1.82) is 0 Å². The summed E-state index contributed by atoms with van der Waals surface area (Å²) in [6, 6.07) is 28.1. The summed E-state index contributed by atoms with van der Waals surface area (Å²) in [4.78, 5) is 11.8. The second-order valence-electron chi connectivity index (χ2n) is 7.50. The van der Waals surface area contributed by atoms with E-state index in [1.165, 1.54) is 6.08 Å². The molecule has 33 heavy (non-hydrogen) atoms. The lowest BCUT2D eigenvalue weighted by Gasteiger charge is -2.07. The number of aromatic nitrogens is 2. The van der Waals surface area contributed by atoms with Crippen LogP contribution in [-0.4, -0.2) is 22.4 Å². The minimum Gasteiger partial charge on any atom is -0.489 e. The first-order valence-electron chi connectivity index (χ1n) is 10.9. The number of esters is 1. The molecule has 5 heteroatoms. The van der Waals surface area contributed by atoms with Crippen LogP contribution in [0.2, 0.25) is 0 Å². The van der Waals surface area contributed by atoms with E-state index < -0.39 is 0 Å². The summed E-state index contributed by atoms with van der Waals surface area (Å²) in [6.45, 7) is 3.28. The average Bonchev–Trinajstić information content (AvgIpc) is 3.26. The van der Waals surface area contributed by atoms with Crippen LogP contribution in [0.3, 0.4) is 0 Å². The molecule has 3 aromatic carbocycles. The maximum atomic E-state index is 11.8. The number of carbonyl (C=O) groups is 1. The number of ether oxygens (including phenoxy) is 2. The Kier molecular flexibility index (Phi) is 7.33. The highest BCUT2D eigenvalue weighted by Crippen LogP contribution is 2.24. The van der Waals surface area contributed by atoms with E-state index in [0.29, 0.717) is 19.8 Å². The fourth-order valence-corrected chi connectivity index (χ4v) is 3.43. The van der Waals surface area contributed by atoms with E-state index in [1.807, 2.05) is 95.8 Å². The molecule has 0 saturated carbocycles.